The quantitative estimate of drug-likeness (QED) is 0.826. The van der Waals surface area contributed by atoms with Crippen LogP contribution in [-0.2, 0) is 4.79 Å². The van der Waals surface area contributed by atoms with Gasteiger partial charge in [-0.2, -0.15) is 0 Å². The van der Waals surface area contributed by atoms with E-state index in [-0.39, 0.29) is 23.9 Å². The van der Waals surface area contributed by atoms with Crippen LogP contribution in [0.4, 0.5) is 4.79 Å². The fraction of sp³-hybridized carbons (Fsp3) is 0.684. The number of piperidine rings is 2. The van der Waals surface area contributed by atoms with Gasteiger partial charge in [-0.05, 0) is 43.7 Å². The van der Waals surface area contributed by atoms with Crippen LogP contribution in [-0.4, -0.2) is 60.4 Å². The first-order valence-electron chi connectivity index (χ1n) is 9.27. The lowest BCUT2D eigenvalue weighted by molar-refractivity contribution is -0.142. The van der Waals surface area contributed by atoms with Crippen molar-refractivity contribution in [2.45, 2.75) is 38.6 Å². The maximum Gasteiger partial charge on any atom is 0.319 e. The van der Waals surface area contributed by atoms with Crippen LogP contribution in [0, 0.1) is 11.8 Å². The van der Waals surface area contributed by atoms with Gasteiger partial charge < -0.3 is 19.1 Å². The largest absolute Gasteiger partial charge is 0.467 e. The van der Waals surface area contributed by atoms with Gasteiger partial charge in [0.05, 0.1) is 12.3 Å². The van der Waals surface area contributed by atoms with Gasteiger partial charge in [0, 0.05) is 39.6 Å². The highest BCUT2D eigenvalue weighted by Crippen LogP contribution is 2.36. The molecular formula is C19H29N3O3. The van der Waals surface area contributed by atoms with E-state index < -0.39 is 0 Å². The molecule has 138 valence electrons. The molecular weight excluding hydrogens is 318 g/mol. The maximum absolute atomic E-state index is 13.1. The van der Waals surface area contributed by atoms with Crippen LogP contribution < -0.4 is 0 Å². The number of hydrogen-bond acceptors (Lipinski definition) is 3. The van der Waals surface area contributed by atoms with Crippen LogP contribution >= 0.6 is 0 Å². The Morgan fingerprint density at radius 3 is 2.48 bits per heavy atom. The lowest BCUT2D eigenvalue weighted by Gasteiger charge is -2.41. The van der Waals surface area contributed by atoms with Gasteiger partial charge in [0.2, 0.25) is 5.91 Å². The van der Waals surface area contributed by atoms with E-state index >= 15 is 0 Å². The van der Waals surface area contributed by atoms with Crippen molar-refractivity contribution in [1.29, 1.82) is 0 Å². The predicted molar refractivity (Wildman–Crippen MR) is 94.9 cm³/mol. The number of amides is 3. The van der Waals surface area contributed by atoms with Gasteiger partial charge in [-0.15, -0.1) is 0 Å². The van der Waals surface area contributed by atoms with E-state index in [9.17, 15) is 9.59 Å². The molecule has 2 aliphatic heterocycles. The van der Waals surface area contributed by atoms with Crippen LogP contribution in [0.15, 0.2) is 22.8 Å². The molecule has 3 heterocycles. The molecule has 0 radical (unpaired) electrons. The van der Waals surface area contributed by atoms with E-state index in [1.807, 2.05) is 21.9 Å². The number of urea groups is 1. The smallest absolute Gasteiger partial charge is 0.319 e. The van der Waals surface area contributed by atoms with E-state index in [0.29, 0.717) is 19.0 Å². The first-order chi connectivity index (χ1) is 12.0. The highest BCUT2D eigenvalue weighted by atomic mass is 16.3. The minimum atomic E-state index is 0.0112. The topological polar surface area (TPSA) is 57.0 Å². The molecule has 0 bridgehead atoms. The summed E-state index contributed by atoms with van der Waals surface area (Å²) in [5.74, 6) is 1.72. The van der Waals surface area contributed by atoms with Gasteiger partial charge >= 0.3 is 6.03 Å². The number of carbonyl (C=O) groups is 2. The minimum Gasteiger partial charge on any atom is -0.467 e. The molecule has 0 spiro atoms. The summed E-state index contributed by atoms with van der Waals surface area (Å²) < 4.78 is 5.61. The average Bonchev–Trinajstić information content (AvgIpc) is 3.15. The van der Waals surface area contributed by atoms with Gasteiger partial charge in [0.25, 0.3) is 0 Å². The Morgan fingerprint density at radius 1 is 1.16 bits per heavy atom. The van der Waals surface area contributed by atoms with Crippen molar-refractivity contribution >= 4 is 11.9 Å². The van der Waals surface area contributed by atoms with Gasteiger partial charge in [-0.1, -0.05) is 6.92 Å². The van der Waals surface area contributed by atoms with Crippen LogP contribution in [0.2, 0.25) is 0 Å². The summed E-state index contributed by atoms with van der Waals surface area (Å²) in [6.07, 6.45) is 5.17. The van der Waals surface area contributed by atoms with E-state index in [1.54, 1.807) is 25.3 Å². The van der Waals surface area contributed by atoms with Crippen molar-refractivity contribution in [3.63, 3.8) is 0 Å². The first-order valence-corrected chi connectivity index (χ1v) is 9.27. The number of likely N-dealkylation sites (tertiary alicyclic amines) is 2. The Hall–Kier alpha value is -1.98. The SMILES string of the molecule is C[C@@H]1CCN(C(=O)C2CCN(C(=O)N(C)C)CC2)[C@@H](c2ccco2)C1. The second kappa shape index (κ2) is 7.50. The number of nitrogens with zero attached hydrogens (tertiary/aromatic N) is 3. The Labute approximate surface area is 149 Å². The van der Waals surface area contributed by atoms with Crippen LogP contribution in [0.5, 0.6) is 0 Å². The summed E-state index contributed by atoms with van der Waals surface area (Å²) in [6, 6.07) is 3.95. The van der Waals surface area contributed by atoms with Crippen molar-refractivity contribution < 1.29 is 14.0 Å². The standard InChI is InChI=1S/C19H29N3O3/c1-14-6-11-22(16(13-14)17-5-4-12-25-17)18(23)15-7-9-21(10-8-15)19(24)20(2)3/h4-5,12,14-16H,6-11,13H2,1-3H3/t14-,16-/m1/s1. The maximum atomic E-state index is 13.1. The molecule has 6 nitrogen and oxygen atoms in total. The third kappa shape index (κ3) is 3.83. The summed E-state index contributed by atoms with van der Waals surface area (Å²) in [5, 5.41) is 0. The lowest BCUT2D eigenvalue weighted by atomic mass is 9.88. The normalized spacial score (nSPS) is 25.1. The zero-order chi connectivity index (χ0) is 18.0. The Balaban J connectivity index is 1.65. The fourth-order valence-electron chi connectivity index (χ4n) is 3.99. The van der Waals surface area contributed by atoms with Crippen molar-refractivity contribution in [2.24, 2.45) is 11.8 Å². The van der Waals surface area contributed by atoms with Crippen molar-refractivity contribution in [3.05, 3.63) is 24.2 Å². The fourth-order valence-corrected chi connectivity index (χ4v) is 3.99. The number of hydrogen-bond donors (Lipinski definition) is 0. The van der Waals surface area contributed by atoms with Crippen molar-refractivity contribution in [2.75, 3.05) is 33.7 Å². The average molecular weight is 347 g/mol. The molecule has 6 heteroatoms. The summed E-state index contributed by atoms with van der Waals surface area (Å²) >= 11 is 0. The molecule has 1 aromatic heterocycles. The lowest BCUT2D eigenvalue weighted by Crippen LogP contribution is -2.49. The second-order valence-corrected chi connectivity index (χ2v) is 7.63. The third-order valence-electron chi connectivity index (χ3n) is 5.52. The molecule has 2 saturated heterocycles. The molecule has 3 rings (SSSR count). The Morgan fingerprint density at radius 2 is 1.88 bits per heavy atom. The van der Waals surface area contributed by atoms with Crippen molar-refractivity contribution in [3.8, 4) is 0 Å². The highest BCUT2D eigenvalue weighted by molar-refractivity contribution is 5.80. The molecule has 25 heavy (non-hydrogen) atoms. The monoisotopic (exact) mass is 347 g/mol. The minimum absolute atomic E-state index is 0.0112. The summed E-state index contributed by atoms with van der Waals surface area (Å²) in [5.41, 5.74) is 0. The van der Waals surface area contributed by atoms with Crippen LogP contribution in [0.1, 0.15) is 44.4 Å². The number of carbonyl (C=O) groups excluding carboxylic acids is 2. The predicted octanol–water partition coefficient (Wildman–Crippen LogP) is 2.97. The molecule has 0 saturated carbocycles. The molecule has 2 fully saturated rings. The zero-order valence-corrected chi connectivity index (χ0v) is 15.5. The van der Waals surface area contributed by atoms with Crippen molar-refractivity contribution in [1.82, 2.24) is 14.7 Å². The summed E-state index contributed by atoms with van der Waals surface area (Å²) in [7, 11) is 3.53. The Bertz CT molecular complexity index is 591. The van der Waals surface area contributed by atoms with E-state index in [0.717, 1.165) is 38.0 Å². The number of furan rings is 1. The Kier molecular flexibility index (Phi) is 5.35. The zero-order valence-electron chi connectivity index (χ0n) is 15.5. The van der Waals surface area contributed by atoms with Gasteiger partial charge in [-0.3, -0.25) is 4.79 Å². The molecule has 0 aromatic carbocycles. The summed E-state index contributed by atoms with van der Waals surface area (Å²) in [6.45, 7) is 4.34. The molecule has 2 atom stereocenters. The van der Waals surface area contributed by atoms with E-state index in [2.05, 4.69) is 6.92 Å². The molecule has 1 aromatic rings. The molecule has 0 unspecified atom stereocenters. The number of rotatable bonds is 2. The summed E-state index contributed by atoms with van der Waals surface area (Å²) in [4.78, 5) is 30.7. The second-order valence-electron chi connectivity index (χ2n) is 7.63. The third-order valence-corrected chi connectivity index (χ3v) is 5.52. The van der Waals surface area contributed by atoms with E-state index in [4.69, 9.17) is 4.42 Å². The van der Waals surface area contributed by atoms with Crippen LogP contribution in [0.3, 0.4) is 0 Å². The molecule has 3 amide bonds. The van der Waals surface area contributed by atoms with Crippen LogP contribution in [0.25, 0.3) is 0 Å². The first kappa shape index (κ1) is 17.8. The van der Waals surface area contributed by atoms with Gasteiger partial charge in [0.15, 0.2) is 0 Å². The van der Waals surface area contributed by atoms with E-state index in [1.165, 1.54) is 0 Å². The highest BCUT2D eigenvalue weighted by Gasteiger charge is 2.37. The van der Waals surface area contributed by atoms with Gasteiger partial charge in [-0.25, -0.2) is 4.79 Å². The molecule has 0 N–H and O–H groups in total. The molecule has 2 aliphatic rings. The molecule has 0 aliphatic carbocycles. The van der Waals surface area contributed by atoms with Gasteiger partial charge in [0.1, 0.15) is 5.76 Å².